The van der Waals surface area contributed by atoms with Gasteiger partial charge in [-0.3, -0.25) is 14.3 Å². The third kappa shape index (κ3) is 4.16. The Morgan fingerprint density at radius 3 is 2.59 bits per heavy atom. The van der Waals surface area contributed by atoms with Crippen molar-refractivity contribution in [3.05, 3.63) is 92.2 Å². The second kappa shape index (κ2) is 8.96. The lowest BCUT2D eigenvalue weighted by Crippen LogP contribution is -2.32. The van der Waals surface area contributed by atoms with Crippen LogP contribution in [0.1, 0.15) is 40.1 Å². The number of nitrogens with zero attached hydrogens (tertiary/aromatic N) is 4. The normalized spacial score (nSPS) is 11.1. The van der Waals surface area contributed by atoms with Crippen LogP contribution in [0.5, 0.6) is 0 Å². The molecule has 0 saturated heterocycles. The second-order valence-electron chi connectivity index (χ2n) is 7.64. The van der Waals surface area contributed by atoms with Gasteiger partial charge in [-0.05, 0) is 44.5 Å². The van der Waals surface area contributed by atoms with Crippen molar-refractivity contribution in [1.82, 2.24) is 24.6 Å². The maximum absolute atomic E-state index is 13.4. The number of carbonyl (C=O) groups excluding carboxylic acids is 1. The molecule has 0 spiro atoms. The first-order valence-electron chi connectivity index (χ1n) is 10.4. The van der Waals surface area contributed by atoms with Crippen LogP contribution in [0.25, 0.3) is 10.9 Å². The predicted octanol–water partition coefficient (Wildman–Crippen LogP) is 4.10. The summed E-state index contributed by atoms with van der Waals surface area (Å²) in [7, 11) is 0. The van der Waals surface area contributed by atoms with Crippen molar-refractivity contribution in [1.29, 1.82) is 0 Å². The SMILES string of the molecule is CCN(Cc1nc2ccccc2c(=O)[nH]1)C(=O)c1c(C)nn(Cc2ccccc2Cl)c1C. The molecule has 0 atom stereocenters. The summed E-state index contributed by atoms with van der Waals surface area (Å²) in [6.45, 7) is 6.75. The molecular formula is C24H24ClN5O2. The fourth-order valence-corrected chi connectivity index (χ4v) is 4.02. The Morgan fingerprint density at radius 2 is 1.84 bits per heavy atom. The van der Waals surface area contributed by atoms with Crippen LogP contribution >= 0.6 is 11.6 Å². The van der Waals surface area contributed by atoms with Crippen LogP contribution in [-0.4, -0.2) is 37.1 Å². The summed E-state index contributed by atoms with van der Waals surface area (Å²) in [5.74, 6) is 0.298. The molecule has 0 unspecified atom stereocenters. The molecule has 164 valence electrons. The summed E-state index contributed by atoms with van der Waals surface area (Å²) in [6, 6.07) is 14.7. The molecule has 4 aromatic rings. The minimum Gasteiger partial charge on any atom is -0.331 e. The molecule has 1 amide bonds. The summed E-state index contributed by atoms with van der Waals surface area (Å²) in [5, 5.41) is 5.77. The van der Waals surface area contributed by atoms with E-state index in [0.29, 0.717) is 46.1 Å². The molecule has 2 heterocycles. The number of halogens is 1. The van der Waals surface area contributed by atoms with Gasteiger partial charge >= 0.3 is 0 Å². The van der Waals surface area contributed by atoms with Crippen LogP contribution < -0.4 is 5.56 Å². The summed E-state index contributed by atoms with van der Waals surface area (Å²) < 4.78 is 1.80. The van der Waals surface area contributed by atoms with Crippen molar-refractivity contribution in [3.8, 4) is 0 Å². The molecule has 0 radical (unpaired) electrons. The van der Waals surface area contributed by atoms with Crippen LogP contribution in [0, 0.1) is 13.8 Å². The van der Waals surface area contributed by atoms with E-state index < -0.39 is 0 Å². The molecule has 32 heavy (non-hydrogen) atoms. The molecule has 2 aromatic heterocycles. The van der Waals surface area contributed by atoms with Gasteiger partial charge in [0, 0.05) is 17.3 Å². The highest BCUT2D eigenvalue weighted by Gasteiger charge is 2.24. The van der Waals surface area contributed by atoms with Crippen molar-refractivity contribution >= 4 is 28.4 Å². The zero-order valence-electron chi connectivity index (χ0n) is 18.2. The summed E-state index contributed by atoms with van der Waals surface area (Å²) >= 11 is 6.30. The lowest BCUT2D eigenvalue weighted by atomic mass is 10.1. The molecule has 0 aliphatic carbocycles. The van der Waals surface area contributed by atoms with Gasteiger partial charge in [-0.15, -0.1) is 0 Å². The molecule has 8 heteroatoms. The number of fused-ring (bicyclic) bond motifs is 1. The number of carbonyl (C=O) groups is 1. The molecule has 0 saturated carbocycles. The number of rotatable bonds is 6. The highest BCUT2D eigenvalue weighted by molar-refractivity contribution is 6.31. The minimum absolute atomic E-state index is 0.149. The number of amides is 1. The predicted molar refractivity (Wildman–Crippen MR) is 125 cm³/mol. The lowest BCUT2D eigenvalue weighted by Gasteiger charge is -2.20. The van der Waals surface area contributed by atoms with E-state index in [-0.39, 0.29) is 18.0 Å². The van der Waals surface area contributed by atoms with E-state index in [1.165, 1.54) is 0 Å². The number of hydrogen-bond donors (Lipinski definition) is 1. The fraction of sp³-hybridized carbons (Fsp3) is 0.250. The Labute approximate surface area is 190 Å². The maximum Gasteiger partial charge on any atom is 0.258 e. The Kier molecular flexibility index (Phi) is 6.10. The third-order valence-electron chi connectivity index (χ3n) is 5.54. The summed E-state index contributed by atoms with van der Waals surface area (Å²) in [4.78, 5) is 34.8. The van der Waals surface area contributed by atoms with Gasteiger partial charge < -0.3 is 9.88 Å². The fourth-order valence-electron chi connectivity index (χ4n) is 3.82. The molecule has 0 aliphatic heterocycles. The van der Waals surface area contributed by atoms with Crippen LogP contribution in [0.15, 0.2) is 53.3 Å². The van der Waals surface area contributed by atoms with Crippen LogP contribution in [0.3, 0.4) is 0 Å². The monoisotopic (exact) mass is 449 g/mol. The number of hydrogen-bond acceptors (Lipinski definition) is 4. The molecule has 0 fully saturated rings. The van der Waals surface area contributed by atoms with E-state index in [2.05, 4.69) is 15.1 Å². The van der Waals surface area contributed by atoms with Gasteiger partial charge in [-0.25, -0.2) is 4.98 Å². The first-order valence-corrected chi connectivity index (χ1v) is 10.8. The largest absolute Gasteiger partial charge is 0.331 e. The topological polar surface area (TPSA) is 83.9 Å². The zero-order valence-corrected chi connectivity index (χ0v) is 19.0. The quantitative estimate of drug-likeness (QED) is 0.480. The number of aromatic nitrogens is 4. The van der Waals surface area contributed by atoms with Crippen molar-refractivity contribution in [3.63, 3.8) is 0 Å². The minimum atomic E-state index is -0.214. The number of H-pyrrole nitrogens is 1. The Hall–Kier alpha value is -3.45. The van der Waals surface area contributed by atoms with E-state index in [4.69, 9.17) is 11.6 Å². The number of para-hydroxylation sites is 1. The molecule has 1 N–H and O–H groups in total. The van der Waals surface area contributed by atoms with Gasteiger partial charge in [-0.2, -0.15) is 5.10 Å². The Bertz CT molecular complexity index is 1360. The molecule has 7 nitrogen and oxygen atoms in total. The van der Waals surface area contributed by atoms with Gasteiger partial charge in [0.2, 0.25) is 0 Å². The highest BCUT2D eigenvalue weighted by Crippen LogP contribution is 2.21. The number of aryl methyl sites for hydroxylation is 1. The van der Waals surface area contributed by atoms with Crippen molar-refractivity contribution in [2.75, 3.05) is 6.54 Å². The number of nitrogens with one attached hydrogen (secondary N) is 1. The second-order valence-corrected chi connectivity index (χ2v) is 8.05. The van der Waals surface area contributed by atoms with E-state index in [1.807, 2.05) is 51.1 Å². The summed E-state index contributed by atoms with van der Waals surface area (Å²) in [6.07, 6.45) is 0. The van der Waals surface area contributed by atoms with Gasteiger partial charge in [-0.1, -0.05) is 41.9 Å². The molecule has 0 bridgehead atoms. The molecule has 4 rings (SSSR count). The van der Waals surface area contributed by atoms with Crippen LogP contribution in [0.4, 0.5) is 0 Å². The zero-order chi connectivity index (χ0) is 22.8. The smallest absolute Gasteiger partial charge is 0.258 e. The maximum atomic E-state index is 13.4. The lowest BCUT2D eigenvalue weighted by molar-refractivity contribution is 0.0747. The van der Waals surface area contributed by atoms with Crippen molar-refractivity contribution < 1.29 is 4.79 Å². The van der Waals surface area contributed by atoms with Gasteiger partial charge in [0.1, 0.15) is 5.82 Å². The standard InChI is InChI=1S/C24H24ClN5O2/c1-4-29(14-21-26-20-12-8-6-10-18(20)23(31)27-21)24(32)22-15(2)28-30(16(22)3)13-17-9-5-7-11-19(17)25/h5-12H,4,13-14H2,1-3H3,(H,26,27,31). The molecule has 2 aromatic carbocycles. The first-order chi connectivity index (χ1) is 15.4. The van der Waals surface area contributed by atoms with Crippen LogP contribution in [0.2, 0.25) is 5.02 Å². The van der Waals surface area contributed by atoms with E-state index in [9.17, 15) is 9.59 Å². The average molecular weight is 450 g/mol. The van der Waals surface area contributed by atoms with Crippen LogP contribution in [-0.2, 0) is 13.1 Å². The highest BCUT2D eigenvalue weighted by atomic mass is 35.5. The number of aromatic amines is 1. The van der Waals surface area contributed by atoms with E-state index in [0.717, 1.165) is 11.3 Å². The average Bonchev–Trinajstić information content (AvgIpc) is 3.06. The van der Waals surface area contributed by atoms with Crippen molar-refractivity contribution in [2.45, 2.75) is 33.9 Å². The number of benzene rings is 2. The first kappa shape index (κ1) is 21.8. The molecular weight excluding hydrogens is 426 g/mol. The van der Waals surface area contributed by atoms with Crippen molar-refractivity contribution in [2.24, 2.45) is 0 Å². The van der Waals surface area contributed by atoms with Gasteiger partial charge in [0.15, 0.2) is 0 Å². The third-order valence-corrected chi connectivity index (χ3v) is 5.91. The molecule has 0 aliphatic rings. The van der Waals surface area contributed by atoms with Gasteiger partial charge in [0.05, 0.1) is 35.2 Å². The summed E-state index contributed by atoms with van der Waals surface area (Å²) in [5.41, 5.74) is 3.30. The Morgan fingerprint density at radius 1 is 1.12 bits per heavy atom. The Balaban J connectivity index is 1.62. The van der Waals surface area contributed by atoms with E-state index >= 15 is 0 Å². The van der Waals surface area contributed by atoms with E-state index in [1.54, 1.807) is 27.8 Å². The van der Waals surface area contributed by atoms with Gasteiger partial charge in [0.25, 0.3) is 11.5 Å².